The summed E-state index contributed by atoms with van der Waals surface area (Å²) in [4.78, 5) is 34.7. The van der Waals surface area contributed by atoms with Crippen molar-refractivity contribution in [3.05, 3.63) is 57.3 Å². The summed E-state index contributed by atoms with van der Waals surface area (Å²) in [6.45, 7) is 4.75. The van der Waals surface area contributed by atoms with Crippen molar-refractivity contribution in [2.45, 2.75) is 19.9 Å². The van der Waals surface area contributed by atoms with E-state index < -0.39 is 5.91 Å². The van der Waals surface area contributed by atoms with Crippen molar-refractivity contribution in [1.29, 1.82) is 0 Å². The minimum Gasteiger partial charge on any atom is -0.365 e. The minimum atomic E-state index is -0.487. The molecule has 0 saturated heterocycles. The maximum Gasteiger partial charge on any atom is 0.266 e. The molecule has 1 aliphatic heterocycles. The molecule has 6 nitrogen and oxygen atoms in total. The number of aromatic nitrogens is 1. The van der Waals surface area contributed by atoms with E-state index in [4.69, 9.17) is 5.73 Å². The van der Waals surface area contributed by atoms with Crippen molar-refractivity contribution in [2.24, 2.45) is 5.73 Å². The molecule has 0 bridgehead atoms. The summed E-state index contributed by atoms with van der Waals surface area (Å²) < 4.78 is 1.12. The van der Waals surface area contributed by atoms with Gasteiger partial charge in [0.1, 0.15) is 10.0 Å². The van der Waals surface area contributed by atoms with Crippen molar-refractivity contribution >= 4 is 61.0 Å². The normalized spacial score (nSPS) is 14.0. The third kappa shape index (κ3) is 3.78. The summed E-state index contributed by atoms with van der Waals surface area (Å²) in [6, 6.07) is 11.7. The lowest BCUT2D eigenvalue weighted by Crippen LogP contribution is -2.30. The molecule has 3 N–H and O–H groups in total. The molecule has 0 fully saturated rings. The van der Waals surface area contributed by atoms with Crippen molar-refractivity contribution in [2.75, 3.05) is 18.4 Å². The first kappa shape index (κ1) is 20.3. The molecule has 158 valence electrons. The fourth-order valence-corrected chi connectivity index (χ4v) is 7.00. The van der Waals surface area contributed by atoms with E-state index in [1.165, 1.54) is 22.7 Å². The Balaban J connectivity index is 1.41. The molecular formula is C22H20N4O2S3. The first-order valence-corrected chi connectivity index (χ1v) is 12.4. The van der Waals surface area contributed by atoms with Crippen LogP contribution < -0.4 is 11.1 Å². The first-order chi connectivity index (χ1) is 15.0. The SMILES string of the molecule is CCN1CCc2c(sc(NC(=O)c3ccc(-c4nc5ccccc5s4)s3)c2C(N)=O)C1. The molecule has 2 amide bonds. The van der Waals surface area contributed by atoms with Gasteiger partial charge < -0.3 is 11.1 Å². The summed E-state index contributed by atoms with van der Waals surface area (Å²) in [7, 11) is 0. The predicted octanol–water partition coefficient (Wildman–Crippen LogP) is 4.82. The van der Waals surface area contributed by atoms with E-state index in [0.29, 0.717) is 15.4 Å². The number of benzene rings is 1. The van der Waals surface area contributed by atoms with Gasteiger partial charge in [-0.1, -0.05) is 19.1 Å². The van der Waals surface area contributed by atoms with Gasteiger partial charge in [0, 0.05) is 18.0 Å². The van der Waals surface area contributed by atoms with E-state index in [-0.39, 0.29) is 5.91 Å². The first-order valence-electron chi connectivity index (χ1n) is 9.97. The number of amides is 2. The molecule has 1 aromatic carbocycles. The van der Waals surface area contributed by atoms with Gasteiger partial charge in [0.15, 0.2) is 0 Å². The standard InChI is InChI=1S/C22H20N4O2S3/c1-2-26-10-9-12-17(11-26)31-22(18(12)19(23)27)25-20(28)15-7-8-16(29-15)21-24-13-5-3-4-6-14(13)30-21/h3-8H,2,9-11H2,1H3,(H2,23,27)(H,25,28). The van der Waals surface area contributed by atoms with Gasteiger partial charge in [-0.15, -0.1) is 34.0 Å². The highest BCUT2D eigenvalue weighted by atomic mass is 32.1. The number of nitrogens with one attached hydrogen (secondary N) is 1. The Morgan fingerprint density at radius 3 is 2.77 bits per heavy atom. The van der Waals surface area contributed by atoms with E-state index in [2.05, 4.69) is 22.1 Å². The number of carbonyl (C=O) groups excluding carboxylic acids is 2. The van der Waals surface area contributed by atoms with E-state index >= 15 is 0 Å². The molecule has 3 aromatic heterocycles. The monoisotopic (exact) mass is 468 g/mol. The fourth-order valence-electron chi connectivity index (χ4n) is 3.79. The van der Waals surface area contributed by atoms with Crippen molar-refractivity contribution in [3.63, 3.8) is 0 Å². The summed E-state index contributed by atoms with van der Waals surface area (Å²) >= 11 is 4.47. The third-order valence-corrected chi connectivity index (χ3v) is 8.81. The summed E-state index contributed by atoms with van der Waals surface area (Å²) in [5.41, 5.74) is 8.09. The average molecular weight is 469 g/mol. The van der Waals surface area contributed by atoms with E-state index in [1.54, 1.807) is 17.4 Å². The highest BCUT2D eigenvalue weighted by Crippen LogP contribution is 2.38. The minimum absolute atomic E-state index is 0.231. The zero-order valence-corrected chi connectivity index (χ0v) is 19.3. The Labute approximate surface area is 191 Å². The molecule has 0 radical (unpaired) electrons. The number of nitrogens with zero attached hydrogens (tertiary/aromatic N) is 2. The largest absolute Gasteiger partial charge is 0.365 e. The predicted molar refractivity (Wildman–Crippen MR) is 128 cm³/mol. The highest BCUT2D eigenvalue weighted by Gasteiger charge is 2.27. The molecule has 0 atom stereocenters. The van der Waals surface area contributed by atoms with Crippen LogP contribution in [-0.4, -0.2) is 34.8 Å². The van der Waals surface area contributed by atoms with Crippen molar-refractivity contribution in [1.82, 2.24) is 9.88 Å². The fraction of sp³-hybridized carbons (Fsp3) is 0.227. The van der Waals surface area contributed by atoms with Crippen LogP contribution in [0.3, 0.4) is 0 Å². The molecule has 5 rings (SSSR count). The molecule has 1 aliphatic rings. The van der Waals surface area contributed by atoms with Crippen LogP contribution >= 0.6 is 34.0 Å². The van der Waals surface area contributed by atoms with Gasteiger partial charge in [-0.05, 0) is 42.8 Å². The van der Waals surface area contributed by atoms with Crippen molar-refractivity contribution < 1.29 is 9.59 Å². The van der Waals surface area contributed by atoms with Crippen molar-refractivity contribution in [3.8, 4) is 9.88 Å². The molecule has 4 aromatic rings. The third-order valence-electron chi connectivity index (χ3n) is 5.39. The summed E-state index contributed by atoms with van der Waals surface area (Å²) in [5, 5.41) is 4.39. The van der Waals surface area contributed by atoms with Crippen LogP contribution in [0.1, 0.15) is 37.4 Å². The number of thiazole rings is 1. The van der Waals surface area contributed by atoms with E-state index in [0.717, 1.165) is 56.6 Å². The number of hydrogen-bond donors (Lipinski definition) is 2. The van der Waals surface area contributed by atoms with Gasteiger partial charge in [0.05, 0.1) is 25.5 Å². The molecule has 0 spiro atoms. The number of thiophene rings is 2. The van der Waals surface area contributed by atoms with Gasteiger partial charge in [-0.3, -0.25) is 14.5 Å². The van der Waals surface area contributed by atoms with Crippen LogP contribution in [0.15, 0.2) is 36.4 Å². The average Bonchev–Trinajstić information content (AvgIpc) is 3.48. The lowest BCUT2D eigenvalue weighted by molar-refractivity contribution is 0.1000. The Kier molecular flexibility index (Phi) is 5.35. The summed E-state index contributed by atoms with van der Waals surface area (Å²) in [5.74, 6) is -0.718. The van der Waals surface area contributed by atoms with E-state index in [9.17, 15) is 9.59 Å². The van der Waals surface area contributed by atoms with Gasteiger partial charge in [0.2, 0.25) is 0 Å². The van der Waals surface area contributed by atoms with Gasteiger partial charge in [0.25, 0.3) is 11.8 Å². The maximum atomic E-state index is 13.0. The van der Waals surface area contributed by atoms with Crippen LogP contribution in [0.25, 0.3) is 20.1 Å². The topological polar surface area (TPSA) is 88.3 Å². The Bertz CT molecular complexity index is 1270. The molecular weight excluding hydrogens is 448 g/mol. The van der Waals surface area contributed by atoms with E-state index in [1.807, 2.05) is 30.3 Å². The number of primary amides is 1. The number of carbonyl (C=O) groups is 2. The zero-order valence-electron chi connectivity index (χ0n) is 16.8. The molecule has 31 heavy (non-hydrogen) atoms. The molecule has 9 heteroatoms. The number of nitrogens with two attached hydrogens (primary N) is 1. The number of likely N-dealkylation sites (N-methyl/N-ethyl adjacent to an activating group) is 1. The number of para-hydroxylation sites is 1. The van der Waals surface area contributed by atoms with Crippen LogP contribution in [0, 0.1) is 0 Å². The van der Waals surface area contributed by atoms with Crippen LogP contribution in [0.5, 0.6) is 0 Å². The van der Waals surface area contributed by atoms with Crippen LogP contribution in [0.4, 0.5) is 5.00 Å². The molecule has 0 saturated carbocycles. The number of anilines is 1. The zero-order chi connectivity index (χ0) is 21.5. The Hall–Kier alpha value is -2.59. The number of rotatable bonds is 5. The smallest absolute Gasteiger partial charge is 0.266 e. The van der Waals surface area contributed by atoms with Gasteiger partial charge in [-0.2, -0.15) is 0 Å². The Morgan fingerprint density at radius 1 is 1.16 bits per heavy atom. The quantitative estimate of drug-likeness (QED) is 0.440. The lowest BCUT2D eigenvalue weighted by atomic mass is 10.0. The molecule has 0 unspecified atom stereocenters. The second kappa shape index (κ2) is 8.16. The maximum absolute atomic E-state index is 13.0. The second-order valence-corrected chi connectivity index (χ2v) is 10.5. The van der Waals surface area contributed by atoms with Crippen LogP contribution in [0.2, 0.25) is 0 Å². The summed E-state index contributed by atoms with van der Waals surface area (Å²) in [6.07, 6.45) is 0.772. The molecule has 0 aliphatic carbocycles. The number of hydrogen-bond acceptors (Lipinski definition) is 7. The lowest BCUT2D eigenvalue weighted by Gasteiger charge is -2.25. The van der Waals surface area contributed by atoms with Gasteiger partial charge in [-0.25, -0.2) is 4.98 Å². The highest BCUT2D eigenvalue weighted by molar-refractivity contribution is 7.26. The van der Waals surface area contributed by atoms with Crippen LogP contribution in [-0.2, 0) is 13.0 Å². The van der Waals surface area contributed by atoms with Gasteiger partial charge >= 0.3 is 0 Å². The number of fused-ring (bicyclic) bond motifs is 2. The molecule has 4 heterocycles. The Morgan fingerprint density at radius 2 is 2.00 bits per heavy atom. The second-order valence-electron chi connectivity index (χ2n) is 7.30.